The molecule has 3 N–H and O–H groups in total. The Morgan fingerprint density at radius 1 is 1.00 bits per heavy atom. The minimum Gasteiger partial charge on any atom is -0.496 e. The van der Waals surface area contributed by atoms with Crippen molar-refractivity contribution in [2.24, 2.45) is 5.73 Å². The van der Waals surface area contributed by atoms with Gasteiger partial charge in [-0.05, 0) is 35.9 Å². The molecule has 0 radical (unpaired) electrons. The molecule has 1 aromatic heterocycles. The normalized spacial score (nSPS) is 11.7. The smallest absolute Gasteiger partial charge is 0.203 e. The Morgan fingerprint density at radius 3 is 2.22 bits per heavy atom. The SMILES string of the molecule is COc1ccc(-c2nocc2-c2cc(OC)c(OC)c(OC)c2)cc1CC(=O)[C@@H](N)CO. The minimum atomic E-state index is -0.954. The number of nitrogens with two attached hydrogens (primary N) is 1. The van der Waals surface area contributed by atoms with Gasteiger partial charge in [0.05, 0.1) is 41.1 Å². The summed E-state index contributed by atoms with van der Waals surface area (Å²) in [6.07, 6.45) is 1.53. The number of methoxy groups -OCH3 is 4. The van der Waals surface area contributed by atoms with E-state index in [4.69, 9.17) is 29.2 Å². The first kappa shape index (κ1) is 23.1. The molecule has 1 atom stereocenters. The number of aliphatic hydroxyl groups is 1. The molecule has 0 aliphatic rings. The molecule has 0 aliphatic heterocycles. The van der Waals surface area contributed by atoms with Crippen molar-refractivity contribution in [2.75, 3.05) is 35.0 Å². The van der Waals surface area contributed by atoms with Gasteiger partial charge < -0.3 is 34.3 Å². The van der Waals surface area contributed by atoms with Gasteiger partial charge in [-0.25, -0.2) is 0 Å². The van der Waals surface area contributed by atoms with Crippen molar-refractivity contribution in [2.45, 2.75) is 12.5 Å². The van der Waals surface area contributed by atoms with E-state index in [0.29, 0.717) is 45.4 Å². The van der Waals surface area contributed by atoms with Gasteiger partial charge in [0.15, 0.2) is 17.3 Å². The van der Waals surface area contributed by atoms with E-state index in [9.17, 15) is 9.90 Å². The Labute approximate surface area is 185 Å². The molecule has 0 spiro atoms. The molecule has 3 rings (SSSR count). The van der Waals surface area contributed by atoms with E-state index >= 15 is 0 Å². The molecule has 3 aromatic rings. The van der Waals surface area contributed by atoms with Gasteiger partial charge >= 0.3 is 0 Å². The van der Waals surface area contributed by atoms with Crippen LogP contribution in [0.2, 0.25) is 0 Å². The number of nitrogens with zero attached hydrogens (tertiary/aromatic N) is 1. The van der Waals surface area contributed by atoms with E-state index in [1.165, 1.54) is 20.5 Å². The fourth-order valence-electron chi connectivity index (χ4n) is 3.37. The fourth-order valence-corrected chi connectivity index (χ4v) is 3.37. The monoisotopic (exact) mass is 442 g/mol. The van der Waals surface area contributed by atoms with E-state index in [2.05, 4.69) is 5.16 Å². The van der Waals surface area contributed by atoms with Crippen LogP contribution in [0.15, 0.2) is 41.1 Å². The predicted octanol–water partition coefficient (Wildman–Crippen LogP) is 2.47. The first-order chi connectivity index (χ1) is 15.5. The summed E-state index contributed by atoms with van der Waals surface area (Å²) in [6.45, 7) is -0.421. The zero-order valence-electron chi connectivity index (χ0n) is 18.4. The van der Waals surface area contributed by atoms with Gasteiger partial charge in [-0.2, -0.15) is 0 Å². The lowest BCUT2D eigenvalue weighted by molar-refractivity contribution is -0.120. The molecular weight excluding hydrogens is 416 g/mol. The second-order valence-corrected chi connectivity index (χ2v) is 6.95. The van der Waals surface area contributed by atoms with Gasteiger partial charge in [0.1, 0.15) is 17.7 Å². The number of aromatic nitrogens is 1. The number of ether oxygens (including phenoxy) is 4. The number of carbonyl (C=O) groups is 1. The van der Waals surface area contributed by atoms with Crippen molar-refractivity contribution in [1.82, 2.24) is 5.16 Å². The van der Waals surface area contributed by atoms with Crippen molar-refractivity contribution in [1.29, 1.82) is 0 Å². The minimum absolute atomic E-state index is 0.0100. The summed E-state index contributed by atoms with van der Waals surface area (Å²) in [6, 6.07) is 8.00. The van der Waals surface area contributed by atoms with Crippen LogP contribution >= 0.6 is 0 Å². The van der Waals surface area contributed by atoms with Crippen molar-refractivity contribution in [3.05, 3.63) is 42.2 Å². The van der Waals surface area contributed by atoms with Crippen molar-refractivity contribution in [3.8, 4) is 45.4 Å². The molecule has 0 aliphatic carbocycles. The van der Waals surface area contributed by atoms with Gasteiger partial charge in [-0.15, -0.1) is 0 Å². The standard InChI is InChI=1S/C23H26N2O7/c1-28-19-6-5-13(7-15(19)8-18(27)17(24)11-26)22-16(12-32-25-22)14-9-20(29-2)23(31-4)21(10-14)30-3/h5-7,9-10,12,17,26H,8,11,24H2,1-4H3/t17-/m0/s1. The van der Waals surface area contributed by atoms with Crippen LogP contribution in [-0.2, 0) is 11.2 Å². The highest BCUT2D eigenvalue weighted by atomic mass is 16.5. The summed E-state index contributed by atoms with van der Waals surface area (Å²) in [4.78, 5) is 12.3. The molecule has 0 saturated heterocycles. The van der Waals surface area contributed by atoms with Crippen LogP contribution in [0.4, 0.5) is 0 Å². The van der Waals surface area contributed by atoms with E-state index in [-0.39, 0.29) is 12.2 Å². The quantitative estimate of drug-likeness (QED) is 0.487. The van der Waals surface area contributed by atoms with Crippen LogP contribution in [0.5, 0.6) is 23.0 Å². The van der Waals surface area contributed by atoms with Crippen LogP contribution in [0.3, 0.4) is 0 Å². The molecule has 0 bridgehead atoms. The van der Waals surface area contributed by atoms with Crippen molar-refractivity contribution >= 4 is 5.78 Å². The second kappa shape index (κ2) is 10.2. The fraction of sp³-hybridized carbons (Fsp3) is 0.304. The molecule has 32 heavy (non-hydrogen) atoms. The van der Waals surface area contributed by atoms with Crippen LogP contribution < -0.4 is 24.7 Å². The largest absolute Gasteiger partial charge is 0.496 e. The maximum absolute atomic E-state index is 12.3. The maximum atomic E-state index is 12.3. The first-order valence-corrected chi connectivity index (χ1v) is 9.78. The van der Waals surface area contributed by atoms with Crippen molar-refractivity contribution < 1.29 is 33.4 Å². The lowest BCUT2D eigenvalue weighted by Crippen LogP contribution is -2.35. The Balaban J connectivity index is 2.07. The van der Waals surface area contributed by atoms with Crippen molar-refractivity contribution in [3.63, 3.8) is 0 Å². The second-order valence-electron chi connectivity index (χ2n) is 6.95. The molecule has 2 aromatic carbocycles. The molecule has 9 heteroatoms. The van der Waals surface area contributed by atoms with Crippen LogP contribution in [0.25, 0.3) is 22.4 Å². The summed E-state index contributed by atoms with van der Waals surface area (Å²) in [5.41, 5.74) is 8.99. The van der Waals surface area contributed by atoms with E-state index in [0.717, 1.165) is 5.56 Å². The first-order valence-electron chi connectivity index (χ1n) is 9.78. The molecule has 170 valence electrons. The predicted molar refractivity (Wildman–Crippen MR) is 117 cm³/mol. The lowest BCUT2D eigenvalue weighted by Gasteiger charge is -2.14. The zero-order chi connectivity index (χ0) is 23.3. The Morgan fingerprint density at radius 2 is 1.66 bits per heavy atom. The average molecular weight is 442 g/mol. The summed E-state index contributed by atoms with van der Waals surface area (Å²) in [5, 5.41) is 13.3. The molecular formula is C23H26N2O7. The number of Topliss-reactive ketones (excluding diaryl/α,β-unsaturated/α-hetero) is 1. The average Bonchev–Trinajstić information content (AvgIpc) is 3.32. The van der Waals surface area contributed by atoms with Gasteiger partial charge in [-0.3, -0.25) is 4.79 Å². The third-order valence-corrected chi connectivity index (χ3v) is 5.07. The van der Waals surface area contributed by atoms with E-state index in [1.807, 2.05) is 6.07 Å². The molecule has 0 fully saturated rings. The van der Waals surface area contributed by atoms with Gasteiger partial charge in [0.25, 0.3) is 0 Å². The molecule has 0 amide bonds. The summed E-state index contributed by atoms with van der Waals surface area (Å²) < 4.78 is 26.9. The third kappa shape index (κ3) is 4.53. The van der Waals surface area contributed by atoms with E-state index < -0.39 is 12.6 Å². The Bertz CT molecular complexity index is 1070. The molecule has 0 saturated carbocycles. The number of benzene rings is 2. The van der Waals surface area contributed by atoms with Crippen LogP contribution in [0.1, 0.15) is 5.56 Å². The maximum Gasteiger partial charge on any atom is 0.203 e. The molecule has 1 heterocycles. The van der Waals surface area contributed by atoms with Gasteiger partial charge in [-0.1, -0.05) is 5.16 Å². The topological polar surface area (TPSA) is 126 Å². The van der Waals surface area contributed by atoms with Crippen LogP contribution in [-0.4, -0.2) is 57.1 Å². The lowest BCUT2D eigenvalue weighted by atomic mass is 9.97. The highest BCUT2D eigenvalue weighted by Gasteiger charge is 2.21. The number of aliphatic hydroxyl groups excluding tert-OH is 1. The summed E-state index contributed by atoms with van der Waals surface area (Å²) in [5.74, 6) is 1.70. The highest BCUT2D eigenvalue weighted by molar-refractivity contribution is 5.88. The summed E-state index contributed by atoms with van der Waals surface area (Å²) >= 11 is 0. The number of ketones is 1. The molecule has 9 nitrogen and oxygen atoms in total. The van der Waals surface area contributed by atoms with Gasteiger partial charge in [0.2, 0.25) is 5.75 Å². The number of carbonyl (C=O) groups excluding carboxylic acids is 1. The Kier molecular flexibility index (Phi) is 7.34. The summed E-state index contributed by atoms with van der Waals surface area (Å²) in [7, 11) is 6.14. The van der Waals surface area contributed by atoms with Crippen LogP contribution in [0, 0.1) is 0 Å². The zero-order valence-corrected chi connectivity index (χ0v) is 18.4. The van der Waals surface area contributed by atoms with E-state index in [1.54, 1.807) is 38.5 Å². The highest BCUT2D eigenvalue weighted by Crippen LogP contribution is 2.43. The molecule has 0 unspecified atom stereocenters. The number of hydrogen-bond acceptors (Lipinski definition) is 9. The Hall–Kier alpha value is -3.56. The number of rotatable bonds is 10. The number of hydrogen-bond donors (Lipinski definition) is 2. The third-order valence-electron chi connectivity index (χ3n) is 5.07. The van der Waals surface area contributed by atoms with Gasteiger partial charge in [0, 0.05) is 23.1 Å².